The molecule has 0 aromatic carbocycles. The van der Waals surface area contributed by atoms with Gasteiger partial charge in [0.1, 0.15) is 5.82 Å². The maximum Gasteiger partial charge on any atom is 0.190 e. The summed E-state index contributed by atoms with van der Waals surface area (Å²) in [5.41, 5.74) is 1.10. The van der Waals surface area contributed by atoms with Crippen molar-refractivity contribution >= 4 is 39.7 Å². The van der Waals surface area contributed by atoms with Gasteiger partial charge < -0.3 is 5.32 Å². The SMILES string of the molecule is CCNc1nc(-c2nccs2)nc(CC(C)C)c1I. The molecule has 0 aliphatic carbocycles. The Balaban J connectivity index is 2.47. The van der Waals surface area contributed by atoms with Crippen LogP contribution in [0.4, 0.5) is 5.82 Å². The van der Waals surface area contributed by atoms with E-state index in [9.17, 15) is 0 Å². The van der Waals surface area contributed by atoms with Crippen molar-refractivity contribution in [3.63, 3.8) is 0 Å². The second-order valence-corrected chi connectivity index (χ2v) is 6.60. The van der Waals surface area contributed by atoms with Crippen LogP contribution in [0.15, 0.2) is 11.6 Å². The first-order valence-corrected chi connectivity index (χ1v) is 8.27. The second-order valence-electron chi connectivity index (χ2n) is 4.62. The highest BCUT2D eigenvalue weighted by atomic mass is 127. The van der Waals surface area contributed by atoms with Crippen LogP contribution in [0.3, 0.4) is 0 Å². The van der Waals surface area contributed by atoms with Crippen molar-refractivity contribution in [2.75, 3.05) is 11.9 Å². The van der Waals surface area contributed by atoms with Crippen LogP contribution in [0.5, 0.6) is 0 Å². The number of halogens is 1. The average molecular weight is 388 g/mol. The monoisotopic (exact) mass is 388 g/mol. The molecule has 0 aliphatic rings. The predicted octanol–water partition coefficient (Wildman–Crippen LogP) is 3.84. The van der Waals surface area contributed by atoms with Crippen LogP contribution in [0.25, 0.3) is 10.8 Å². The summed E-state index contributed by atoms with van der Waals surface area (Å²) in [5, 5.41) is 6.14. The van der Waals surface area contributed by atoms with Gasteiger partial charge in [-0.2, -0.15) is 0 Å². The van der Waals surface area contributed by atoms with E-state index in [-0.39, 0.29) is 0 Å². The maximum absolute atomic E-state index is 4.69. The quantitative estimate of drug-likeness (QED) is 0.791. The lowest BCUT2D eigenvalue weighted by Gasteiger charge is -2.12. The summed E-state index contributed by atoms with van der Waals surface area (Å²) >= 11 is 3.90. The van der Waals surface area contributed by atoms with Crippen molar-refractivity contribution < 1.29 is 0 Å². The van der Waals surface area contributed by atoms with E-state index >= 15 is 0 Å². The maximum atomic E-state index is 4.69. The fourth-order valence-electron chi connectivity index (χ4n) is 1.73. The zero-order chi connectivity index (χ0) is 13.8. The van der Waals surface area contributed by atoms with Crippen molar-refractivity contribution in [1.29, 1.82) is 0 Å². The van der Waals surface area contributed by atoms with E-state index in [2.05, 4.69) is 63.6 Å². The smallest absolute Gasteiger partial charge is 0.190 e. The van der Waals surface area contributed by atoms with E-state index < -0.39 is 0 Å². The molecule has 0 atom stereocenters. The van der Waals surface area contributed by atoms with Crippen LogP contribution in [0.1, 0.15) is 26.5 Å². The molecule has 0 unspecified atom stereocenters. The number of anilines is 1. The lowest BCUT2D eigenvalue weighted by Crippen LogP contribution is -2.09. The van der Waals surface area contributed by atoms with Crippen LogP contribution in [-0.4, -0.2) is 21.5 Å². The highest BCUT2D eigenvalue weighted by molar-refractivity contribution is 14.1. The molecule has 2 aromatic heterocycles. The van der Waals surface area contributed by atoms with E-state index in [1.807, 2.05) is 5.38 Å². The minimum atomic E-state index is 0.571. The average Bonchev–Trinajstić information content (AvgIpc) is 2.87. The van der Waals surface area contributed by atoms with Gasteiger partial charge in [-0.05, 0) is 41.9 Å². The molecule has 6 heteroatoms. The second kappa shape index (κ2) is 6.60. The molecule has 0 saturated carbocycles. The summed E-state index contributed by atoms with van der Waals surface area (Å²) in [6.45, 7) is 7.33. The molecular weight excluding hydrogens is 371 g/mol. The van der Waals surface area contributed by atoms with Crippen molar-refractivity contribution in [1.82, 2.24) is 15.0 Å². The Morgan fingerprint density at radius 2 is 2.16 bits per heavy atom. The number of hydrogen-bond donors (Lipinski definition) is 1. The van der Waals surface area contributed by atoms with Gasteiger partial charge in [-0.3, -0.25) is 0 Å². The summed E-state index contributed by atoms with van der Waals surface area (Å²) in [5.74, 6) is 2.21. The molecule has 0 aliphatic heterocycles. The van der Waals surface area contributed by atoms with Crippen molar-refractivity contribution in [2.24, 2.45) is 5.92 Å². The fourth-order valence-corrected chi connectivity index (χ4v) is 2.95. The van der Waals surface area contributed by atoms with Gasteiger partial charge in [0.05, 0.1) is 9.26 Å². The molecule has 1 N–H and O–H groups in total. The third-order valence-corrected chi connectivity index (χ3v) is 4.39. The number of thiazole rings is 1. The van der Waals surface area contributed by atoms with Crippen molar-refractivity contribution in [2.45, 2.75) is 27.2 Å². The summed E-state index contributed by atoms with van der Waals surface area (Å²) < 4.78 is 1.12. The fraction of sp³-hybridized carbons (Fsp3) is 0.462. The van der Waals surface area contributed by atoms with E-state index in [4.69, 9.17) is 0 Å². The van der Waals surface area contributed by atoms with E-state index in [1.165, 1.54) is 0 Å². The largest absolute Gasteiger partial charge is 0.369 e. The van der Waals surface area contributed by atoms with Gasteiger partial charge in [0.2, 0.25) is 0 Å². The van der Waals surface area contributed by atoms with Gasteiger partial charge in [0.25, 0.3) is 0 Å². The highest BCUT2D eigenvalue weighted by Gasteiger charge is 2.15. The van der Waals surface area contributed by atoms with Crippen LogP contribution >= 0.6 is 33.9 Å². The summed E-state index contributed by atoms with van der Waals surface area (Å²) in [6.07, 6.45) is 2.74. The first-order valence-electron chi connectivity index (χ1n) is 6.32. The van der Waals surface area contributed by atoms with Gasteiger partial charge in [0, 0.05) is 18.1 Å². The molecule has 0 spiro atoms. The van der Waals surface area contributed by atoms with Gasteiger partial charge in [-0.25, -0.2) is 15.0 Å². The summed E-state index contributed by atoms with van der Waals surface area (Å²) in [7, 11) is 0. The Kier molecular flexibility index (Phi) is 5.09. The summed E-state index contributed by atoms with van der Waals surface area (Å²) in [6, 6.07) is 0. The molecular formula is C13H17IN4S. The van der Waals surface area contributed by atoms with Crippen LogP contribution in [-0.2, 0) is 6.42 Å². The van der Waals surface area contributed by atoms with Crippen LogP contribution in [0.2, 0.25) is 0 Å². The number of nitrogens with zero attached hydrogens (tertiary/aromatic N) is 3. The minimum absolute atomic E-state index is 0.571. The highest BCUT2D eigenvalue weighted by Crippen LogP contribution is 2.26. The molecule has 19 heavy (non-hydrogen) atoms. The Morgan fingerprint density at radius 1 is 1.37 bits per heavy atom. The summed E-state index contributed by atoms with van der Waals surface area (Å²) in [4.78, 5) is 13.6. The van der Waals surface area contributed by atoms with E-state index in [1.54, 1.807) is 17.5 Å². The molecule has 102 valence electrons. The third kappa shape index (κ3) is 3.62. The van der Waals surface area contributed by atoms with E-state index in [0.717, 1.165) is 38.9 Å². The molecule has 0 bridgehead atoms. The zero-order valence-corrected chi connectivity index (χ0v) is 14.2. The Hall–Kier alpha value is -0.760. The zero-order valence-electron chi connectivity index (χ0n) is 11.3. The van der Waals surface area contributed by atoms with E-state index in [0.29, 0.717) is 5.92 Å². The Morgan fingerprint density at radius 3 is 2.74 bits per heavy atom. The van der Waals surface area contributed by atoms with Crippen LogP contribution in [0, 0.1) is 9.49 Å². The molecule has 0 fully saturated rings. The van der Waals surface area contributed by atoms with Crippen molar-refractivity contribution in [3.8, 4) is 10.8 Å². The van der Waals surface area contributed by atoms with Gasteiger partial charge >= 0.3 is 0 Å². The van der Waals surface area contributed by atoms with Gasteiger partial charge in [0.15, 0.2) is 10.8 Å². The van der Waals surface area contributed by atoms with Gasteiger partial charge in [-0.15, -0.1) is 11.3 Å². The number of hydrogen-bond acceptors (Lipinski definition) is 5. The number of nitrogens with one attached hydrogen (secondary N) is 1. The molecule has 2 heterocycles. The topological polar surface area (TPSA) is 50.7 Å². The predicted molar refractivity (Wildman–Crippen MR) is 88.6 cm³/mol. The van der Waals surface area contributed by atoms with Crippen LogP contribution < -0.4 is 5.32 Å². The standard InChI is InChI=1S/C13H17IN4S/c1-4-15-11-10(14)9(7-8(2)3)17-12(18-11)13-16-5-6-19-13/h5-6,8H,4,7H2,1-3H3,(H,15,17,18). The molecule has 0 amide bonds. The lowest BCUT2D eigenvalue weighted by atomic mass is 10.1. The normalized spacial score (nSPS) is 11.0. The first-order chi connectivity index (χ1) is 9.11. The molecule has 0 radical (unpaired) electrons. The number of aromatic nitrogens is 3. The minimum Gasteiger partial charge on any atom is -0.369 e. The Labute approximate surface area is 131 Å². The molecule has 2 aromatic rings. The lowest BCUT2D eigenvalue weighted by molar-refractivity contribution is 0.632. The van der Waals surface area contributed by atoms with Crippen molar-refractivity contribution in [3.05, 3.63) is 20.8 Å². The molecule has 0 saturated heterocycles. The molecule has 2 rings (SSSR count). The third-order valence-electron chi connectivity index (χ3n) is 2.49. The number of rotatable bonds is 5. The first kappa shape index (κ1) is 14.6. The van der Waals surface area contributed by atoms with Gasteiger partial charge in [-0.1, -0.05) is 13.8 Å². The molecule has 4 nitrogen and oxygen atoms in total. The Bertz CT molecular complexity index is 540.